The summed E-state index contributed by atoms with van der Waals surface area (Å²) < 4.78 is 0. The van der Waals surface area contributed by atoms with Crippen LogP contribution in [-0.4, -0.2) is 30.4 Å². The van der Waals surface area contributed by atoms with Crippen molar-refractivity contribution in [1.29, 1.82) is 0 Å². The molecule has 1 atom stereocenters. The van der Waals surface area contributed by atoms with E-state index in [2.05, 4.69) is 17.4 Å². The van der Waals surface area contributed by atoms with E-state index in [0.29, 0.717) is 6.04 Å². The smallest absolute Gasteiger partial charge is 0.237 e. The van der Waals surface area contributed by atoms with E-state index in [9.17, 15) is 4.79 Å². The SMILES string of the molecule is CC(CN(C)C1CC1)C(=O)NN. The number of carbonyl (C=O) groups is 1. The molecule has 0 aromatic rings. The maximum Gasteiger partial charge on any atom is 0.237 e. The Labute approximate surface area is 73.1 Å². The molecule has 1 unspecified atom stereocenters. The fourth-order valence-electron chi connectivity index (χ4n) is 1.32. The van der Waals surface area contributed by atoms with Crippen LogP contribution >= 0.6 is 0 Å². The first-order valence-electron chi connectivity index (χ1n) is 4.36. The lowest BCUT2D eigenvalue weighted by molar-refractivity contribution is -0.125. The zero-order valence-electron chi connectivity index (χ0n) is 7.71. The number of nitrogens with zero attached hydrogens (tertiary/aromatic N) is 1. The zero-order chi connectivity index (χ0) is 9.14. The molecule has 3 N–H and O–H groups in total. The van der Waals surface area contributed by atoms with Gasteiger partial charge in [-0.15, -0.1) is 0 Å². The normalized spacial score (nSPS) is 19.3. The molecule has 4 nitrogen and oxygen atoms in total. The fourth-order valence-corrected chi connectivity index (χ4v) is 1.32. The molecule has 1 fully saturated rings. The van der Waals surface area contributed by atoms with Gasteiger partial charge < -0.3 is 4.90 Å². The van der Waals surface area contributed by atoms with Crippen molar-refractivity contribution >= 4 is 5.91 Å². The highest BCUT2D eigenvalue weighted by atomic mass is 16.2. The lowest BCUT2D eigenvalue weighted by Crippen LogP contribution is -2.40. The third-order valence-corrected chi connectivity index (χ3v) is 2.32. The molecule has 0 saturated heterocycles. The van der Waals surface area contributed by atoms with Crippen LogP contribution in [0.5, 0.6) is 0 Å². The van der Waals surface area contributed by atoms with Gasteiger partial charge in [-0.25, -0.2) is 5.84 Å². The van der Waals surface area contributed by atoms with E-state index in [-0.39, 0.29) is 11.8 Å². The van der Waals surface area contributed by atoms with E-state index in [1.54, 1.807) is 0 Å². The highest BCUT2D eigenvalue weighted by Gasteiger charge is 2.27. The van der Waals surface area contributed by atoms with Gasteiger partial charge in [0.2, 0.25) is 5.91 Å². The summed E-state index contributed by atoms with van der Waals surface area (Å²) in [7, 11) is 2.05. The molecule has 0 spiro atoms. The number of hydrogen-bond acceptors (Lipinski definition) is 3. The molecule has 1 aliphatic rings. The van der Waals surface area contributed by atoms with Gasteiger partial charge in [0, 0.05) is 18.5 Å². The molecule has 0 aliphatic heterocycles. The minimum atomic E-state index is -0.0810. The minimum Gasteiger partial charge on any atom is -0.303 e. The lowest BCUT2D eigenvalue weighted by Gasteiger charge is -2.19. The molecule has 70 valence electrons. The Balaban J connectivity index is 2.23. The van der Waals surface area contributed by atoms with Crippen LogP contribution < -0.4 is 11.3 Å². The minimum absolute atomic E-state index is 0.0133. The van der Waals surface area contributed by atoms with Crippen LogP contribution in [0.25, 0.3) is 0 Å². The third-order valence-electron chi connectivity index (χ3n) is 2.32. The number of hydrazine groups is 1. The van der Waals surface area contributed by atoms with Crippen LogP contribution in [0.2, 0.25) is 0 Å². The van der Waals surface area contributed by atoms with Crippen LogP contribution in [0.4, 0.5) is 0 Å². The van der Waals surface area contributed by atoms with Crippen LogP contribution in [0, 0.1) is 5.92 Å². The zero-order valence-corrected chi connectivity index (χ0v) is 7.71. The Morgan fingerprint density at radius 1 is 1.75 bits per heavy atom. The van der Waals surface area contributed by atoms with Gasteiger partial charge in [0.05, 0.1) is 0 Å². The van der Waals surface area contributed by atoms with Crippen molar-refractivity contribution in [3.05, 3.63) is 0 Å². The number of rotatable bonds is 4. The molecule has 4 heteroatoms. The summed E-state index contributed by atoms with van der Waals surface area (Å²) in [5.74, 6) is 4.93. The first kappa shape index (κ1) is 9.48. The van der Waals surface area contributed by atoms with E-state index in [1.165, 1.54) is 12.8 Å². The Hall–Kier alpha value is -0.610. The Kier molecular flexibility index (Phi) is 3.05. The van der Waals surface area contributed by atoms with Crippen LogP contribution in [-0.2, 0) is 4.79 Å². The summed E-state index contributed by atoms with van der Waals surface area (Å²) in [4.78, 5) is 13.2. The predicted octanol–water partition coefficient (Wildman–Crippen LogP) is -0.293. The second kappa shape index (κ2) is 3.87. The monoisotopic (exact) mass is 171 g/mol. The summed E-state index contributed by atoms with van der Waals surface area (Å²) in [6.45, 7) is 2.69. The molecule has 0 aromatic carbocycles. The second-order valence-corrected chi connectivity index (χ2v) is 3.58. The van der Waals surface area contributed by atoms with Crippen LogP contribution in [0.1, 0.15) is 19.8 Å². The topological polar surface area (TPSA) is 58.4 Å². The quantitative estimate of drug-likeness (QED) is 0.347. The first-order chi connectivity index (χ1) is 5.65. The summed E-state index contributed by atoms with van der Waals surface area (Å²) in [5.41, 5.74) is 2.16. The van der Waals surface area contributed by atoms with E-state index in [0.717, 1.165) is 6.54 Å². The molecule has 1 aliphatic carbocycles. The van der Waals surface area contributed by atoms with Crippen molar-refractivity contribution in [1.82, 2.24) is 10.3 Å². The Bertz CT molecular complexity index is 168. The average Bonchev–Trinajstić information content (AvgIpc) is 2.84. The van der Waals surface area contributed by atoms with Gasteiger partial charge in [-0.05, 0) is 19.9 Å². The molecular formula is C8H17N3O. The summed E-state index contributed by atoms with van der Waals surface area (Å²) in [6.07, 6.45) is 2.54. The molecule has 12 heavy (non-hydrogen) atoms. The number of amides is 1. The molecule has 0 heterocycles. The number of hydrogen-bond donors (Lipinski definition) is 2. The summed E-state index contributed by atoms with van der Waals surface area (Å²) >= 11 is 0. The van der Waals surface area contributed by atoms with Gasteiger partial charge in [0.25, 0.3) is 0 Å². The van der Waals surface area contributed by atoms with Gasteiger partial charge >= 0.3 is 0 Å². The summed E-state index contributed by atoms with van der Waals surface area (Å²) in [6, 6.07) is 0.707. The van der Waals surface area contributed by atoms with Crippen molar-refractivity contribution in [3.63, 3.8) is 0 Å². The van der Waals surface area contributed by atoms with E-state index in [4.69, 9.17) is 5.84 Å². The van der Waals surface area contributed by atoms with Crippen molar-refractivity contribution < 1.29 is 4.79 Å². The van der Waals surface area contributed by atoms with Crippen LogP contribution in [0.15, 0.2) is 0 Å². The summed E-state index contributed by atoms with van der Waals surface area (Å²) in [5, 5.41) is 0. The van der Waals surface area contributed by atoms with Crippen molar-refractivity contribution in [2.45, 2.75) is 25.8 Å². The third kappa shape index (κ3) is 2.46. The fraction of sp³-hybridized carbons (Fsp3) is 0.875. The number of nitrogens with two attached hydrogens (primary N) is 1. The maximum atomic E-state index is 11.0. The molecule has 1 saturated carbocycles. The standard InChI is InChI=1S/C8H17N3O/c1-6(8(12)10-9)5-11(2)7-3-4-7/h6-7H,3-5,9H2,1-2H3,(H,10,12). The molecule has 1 amide bonds. The largest absolute Gasteiger partial charge is 0.303 e. The Morgan fingerprint density at radius 2 is 2.33 bits per heavy atom. The van der Waals surface area contributed by atoms with E-state index < -0.39 is 0 Å². The Morgan fingerprint density at radius 3 is 2.75 bits per heavy atom. The van der Waals surface area contributed by atoms with E-state index in [1.807, 2.05) is 6.92 Å². The van der Waals surface area contributed by atoms with E-state index >= 15 is 0 Å². The van der Waals surface area contributed by atoms with Crippen molar-refractivity contribution in [2.24, 2.45) is 11.8 Å². The highest BCUT2D eigenvalue weighted by molar-refractivity contribution is 5.77. The lowest BCUT2D eigenvalue weighted by atomic mass is 10.1. The van der Waals surface area contributed by atoms with Crippen molar-refractivity contribution in [2.75, 3.05) is 13.6 Å². The second-order valence-electron chi connectivity index (χ2n) is 3.58. The van der Waals surface area contributed by atoms with Gasteiger partial charge in [0.1, 0.15) is 0 Å². The molecule has 0 aromatic heterocycles. The molecule has 1 rings (SSSR count). The average molecular weight is 171 g/mol. The molecular weight excluding hydrogens is 154 g/mol. The van der Waals surface area contributed by atoms with Gasteiger partial charge in [-0.2, -0.15) is 0 Å². The van der Waals surface area contributed by atoms with Gasteiger partial charge in [0.15, 0.2) is 0 Å². The number of nitrogens with one attached hydrogen (secondary N) is 1. The van der Waals surface area contributed by atoms with Crippen molar-refractivity contribution in [3.8, 4) is 0 Å². The highest BCUT2D eigenvalue weighted by Crippen LogP contribution is 2.25. The van der Waals surface area contributed by atoms with Crippen LogP contribution in [0.3, 0.4) is 0 Å². The number of carbonyl (C=O) groups excluding carboxylic acids is 1. The maximum absolute atomic E-state index is 11.0. The molecule has 0 bridgehead atoms. The first-order valence-corrected chi connectivity index (χ1v) is 4.36. The van der Waals surface area contributed by atoms with Gasteiger partial charge in [-0.1, -0.05) is 6.92 Å². The molecule has 0 radical (unpaired) electrons. The van der Waals surface area contributed by atoms with Gasteiger partial charge in [-0.3, -0.25) is 10.2 Å². The predicted molar refractivity (Wildman–Crippen MR) is 47.1 cm³/mol.